The van der Waals surface area contributed by atoms with Gasteiger partial charge in [0.15, 0.2) is 0 Å². The van der Waals surface area contributed by atoms with Crippen molar-refractivity contribution < 1.29 is 8.81 Å². The first-order chi connectivity index (χ1) is 8.88. The van der Waals surface area contributed by atoms with Crippen LogP contribution < -0.4 is 11.1 Å². The van der Waals surface area contributed by atoms with E-state index in [4.69, 9.17) is 10.2 Å². The lowest BCUT2D eigenvalue weighted by atomic mass is 10.1. The monoisotopic (exact) mass is 262 g/mol. The van der Waals surface area contributed by atoms with Crippen LogP contribution in [-0.2, 0) is 0 Å². The number of anilines is 2. The van der Waals surface area contributed by atoms with Gasteiger partial charge in [-0.3, -0.25) is 0 Å². The molecule has 102 valence electrons. The van der Waals surface area contributed by atoms with Crippen molar-refractivity contribution in [2.75, 3.05) is 11.1 Å². The van der Waals surface area contributed by atoms with E-state index >= 15 is 0 Å². The van der Waals surface area contributed by atoms with Gasteiger partial charge in [0.25, 0.3) is 0 Å². The molecule has 0 amide bonds. The van der Waals surface area contributed by atoms with Gasteiger partial charge in [0, 0.05) is 5.56 Å². The Bertz CT molecular complexity index is 604. The summed E-state index contributed by atoms with van der Waals surface area (Å²) in [6, 6.07) is 5.12. The van der Waals surface area contributed by atoms with Crippen LogP contribution in [0.5, 0.6) is 0 Å². The van der Waals surface area contributed by atoms with Crippen molar-refractivity contribution in [2.45, 2.75) is 33.7 Å². The summed E-state index contributed by atoms with van der Waals surface area (Å²) in [6.45, 7) is 7.59. The van der Waals surface area contributed by atoms with Crippen molar-refractivity contribution in [3.05, 3.63) is 46.7 Å². The van der Waals surface area contributed by atoms with Gasteiger partial charge in [0.1, 0.15) is 17.3 Å². The lowest BCUT2D eigenvalue weighted by Crippen LogP contribution is -2.09. The summed E-state index contributed by atoms with van der Waals surface area (Å²) in [5, 5.41) is 3.30. The average molecular weight is 262 g/mol. The predicted octanol–water partition coefficient (Wildman–Crippen LogP) is 4.10. The highest BCUT2D eigenvalue weighted by atomic mass is 19.1. The third-order valence-corrected chi connectivity index (χ3v) is 3.25. The molecule has 2 aromatic rings. The lowest BCUT2D eigenvalue weighted by Gasteiger charge is -2.17. The third kappa shape index (κ3) is 2.72. The second-order valence-electron chi connectivity index (χ2n) is 4.92. The van der Waals surface area contributed by atoms with Gasteiger partial charge in [-0.1, -0.05) is 0 Å². The number of furan rings is 1. The van der Waals surface area contributed by atoms with E-state index < -0.39 is 0 Å². The normalized spacial score (nSPS) is 12.5. The maximum atomic E-state index is 13.4. The Morgan fingerprint density at radius 1 is 1.21 bits per heavy atom. The van der Waals surface area contributed by atoms with Gasteiger partial charge >= 0.3 is 0 Å². The number of aryl methyl sites for hydroxylation is 3. The van der Waals surface area contributed by atoms with E-state index in [0.717, 1.165) is 22.8 Å². The first kappa shape index (κ1) is 13.5. The maximum Gasteiger partial charge on any atom is 0.128 e. The average Bonchev–Trinajstić information content (AvgIpc) is 2.65. The van der Waals surface area contributed by atoms with Gasteiger partial charge in [-0.15, -0.1) is 0 Å². The Morgan fingerprint density at radius 3 is 2.47 bits per heavy atom. The molecule has 0 aliphatic carbocycles. The first-order valence-corrected chi connectivity index (χ1v) is 6.27. The van der Waals surface area contributed by atoms with E-state index in [9.17, 15) is 4.39 Å². The molecule has 4 heteroatoms. The Kier molecular flexibility index (Phi) is 3.51. The highest BCUT2D eigenvalue weighted by Gasteiger charge is 2.14. The van der Waals surface area contributed by atoms with Gasteiger partial charge < -0.3 is 15.5 Å². The molecule has 0 aliphatic rings. The molecule has 0 saturated heterocycles. The highest BCUT2D eigenvalue weighted by Crippen LogP contribution is 2.29. The minimum atomic E-state index is -0.286. The number of halogens is 1. The molecule has 1 heterocycles. The summed E-state index contributed by atoms with van der Waals surface area (Å²) in [6.07, 6.45) is 0. The fourth-order valence-corrected chi connectivity index (χ4v) is 2.21. The predicted molar refractivity (Wildman–Crippen MR) is 75.8 cm³/mol. The lowest BCUT2D eigenvalue weighted by molar-refractivity contribution is 0.500. The molecule has 0 fully saturated rings. The molecule has 1 aromatic carbocycles. The molecular formula is C15H19FN2O. The fourth-order valence-electron chi connectivity index (χ4n) is 2.21. The van der Waals surface area contributed by atoms with Crippen LogP contribution in [0.25, 0.3) is 0 Å². The minimum Gasteiger partial charge on any atom is -0.466 e. The van der Waals surface area contributed by atoms with Crippen molar-refractivity contribution in [1.82, 2.24) is 0 Å². The van der Waals surface area contributed by atoms with Crippen LogP contribution in [-0.4, -0.2) is 0 Å². The minimum absolute atomic E-state index is 0.0459. The van der Waals surface area contributed by atoms with Gasteiger partial charge in [-0.2, -0.15) is 0 Å². The molecule has 3 nitrogen and oxygen atoms in total. The number of nitrogen functional groups attached to an aromatic ring is 1. The Hall–Kier alpha value is -1.97. The van der Waals surface area contributed by atoms with E-state index in [2.05, 4.69) is 5.32 Å². The fraction of sp³-hybridized carbons (Fsp3) is 0.333. The molecule has 19 heavy (non-hydrogen) atoms. The number of hydrogen-bond acceptors (Lipinski definition) is 3. The van der Waals surface area contributed by atoms with Crippen LogP contribution in [0, 0.1) is 26.6 Å². The maximum absolute atomic E-state index is 13.4. The first-order valence-electron chi connectivity index (χ1n) is 6.27. The van der Waals surface area contributed by atoms with Crippen LogP contribution in [0.4, 0.5) is 15.8 Å². The van der Waals surface area contributed by atoms with Gasteiger partial charge in [0.05, 0.1) is 17.4 Å². The van der Waals surface area contributed by atoms with Crippen LogP contribution in [0.1, 0.15) is 35.6 Å². The summed E-state index contributed by atoms with van der Waals surface area (Å²) in [5.41, 5.74) is 8.64. The van der Waals surface area contributed by atoms with Crippen LogP contribution in [0.3, 0.4) is 0 Å². The standard InChI is InChI=1S/C15H19FN2O/c1-8-5-15(14(17)7-13(8)16)18-10(3)12-6-9(2)19-11(12)4/h5-7,10,18H,17H2,1-4H3. The van der Waals surface area contributed by atoms with E-state index in [1.54, 1.807) is 13.0 Å². The summed E-state index contributed by atoms with van der Waals surface area (Å²) in [5.74, 6) is 1.48. The van der Waals surface area contributed by atoms with Crippen LogP contribution >= 0.6 is 0 Å². The van der Waals surface area contributed by atoms with E-state index in [1.165, 1.54) is 6.07 Å². The number of nitrogens with one attached hydrogen (secondary N) is 1. The molecule has 2 rings (SSSR count). The smallest absolute Gasteiger partial charge is 0.128 e. The van der Waals surface area contributed by atoms with Crippen LogP contribution in [0.15, 0.2) is 22.6 Å². The molecule has 1 aromatic heterocycles. The third-order valence-electron chi connectivity index (χ3n) is 3.25. The molecule has 0 radical (unpaired) electrons. The largest absolute Gasteiger partial charge is 0.466 e. The Labute approximate surface area is 112 Å². The second kappa shape index (κ2) is 4.96. The number of benzene rings is 1. The number of rotatable bonds is 3. The van der Waals surface area contributed by atoms with E-state index in [0.29, 0.717) is 11.3 Å². The van der Waals surface area contributed by atoms with Crippen molar-refractivity contribution in [1.29, 1.82) is 0 Å². The molecule has 3 N–H and O–H groups in total. The highest BCUT2D eigenvalue weighted by molar-refractivity contribution is 5.68. The summed E-state index contributed by atoms with van der Waals surface area (Å²) < 4.78 is 18.9. The van der Waals surface area contributed by atoms with E-state index in [1.807, 2.05) is 26.8 Å². The zero-order valence-corrected chi connectivity index (χ0v) is 11.7. The SMILES string of the molecule is Cc1cc(C(C)Nc2cc(C)c(F)cc2N)c(C)o1. The zero-order chi connectivity index (χ0) is 14.2. The van der Waals surface area contributed by atoms with Crippen molar-refractivity contribution in [3.63, 3.8) is 0 Å². The Morgan fingerprint density at radius 2 is 1.89 bits per heavy atom. The quantitative estimate of drug-likeness (QED) is 0.819. The van der Waals surface area contributed by atoms with E-state index in [-0.39, 0.29) is 11.9 Å². The second-order valence-corrected chi connectivity index (χ2v) is 4.92. The Balaban J connectivity index is 2.26. The molecule has 1 unspecified atom stereocenters. The summed E-state index contributed by atoms with van der Waals surface area (Å²) in [7, 11) is 0. The van der Waals surface area contributed by atoms with Gasteiger partial charge in [-0.05, 0) is 51.5 Å². The zero-order valence-electron chi connectivity index (χ0n) is 11.7. The summed E-state index contributed by atoms with van der Waals surface area (Å²) in [4.78, 5) is 0. The summed E-state index contributed by atoms with van der Waals surface area (Å²) >= 11 is 0. The van der Waals surface area contributed by atoms with Crippen molar-refractivity contribution in [2.24, 2.45) is 0 Å². The molecule has 0 aliphatic heterocycles. The van der Waals surface area contributed by atoms with Crippen LogP contribution in [0.2, 0.25) is 0 Å². The van der Waals surface area contributed by atoms with Gasteiger partial charge in [-0.25, -0.2) is 4.39 Å². The molecule has 0 spiro atoms. The molecule has 0 bridgehead atoms. The number of nitrogens with two attached hydrogens (primary N) is 1. The topological polar surface area (TPSA) is 51.2 Å². The van der Waals surface area contributed by atoms with Crippen molar-refractivity contribution >= 4 is 11.4 Å². The van der Waals surface area contributed by atoms with Gasteiger partial charge in [0.2, 0.25) is 0 Å². The molecule has 0 saturated carbocycles. The molecular weight excluding hydrogens is 243 g/mol. The van der Waals surface area contributed by atoms with Crippen molar-refractivity contribution in [3.8, 4) is 0 Å². The number of hydrogen-bond donors (Lipinski definition) is 2. The molecule has 1 atom stereocenters.